The number of carbonyl (C=O) groups excluding carboxylic acids is 2. The Morgan fingerprint density at radius 2 is 1.62 bits per heavy atom. The number of hydrogen-bond donors (Lipinski definition) is 1. The minimum atomic E-state index is -0.574. The maximum atomic E-state index is 12.9. The quantitative estimate of drug-likeness (QED) is 0.548. The highest BCUT2D eigenvalue weighted by atomic mass is 35.5. The third-order valence-electron chi connectivity index (χ3n) is 4.40. The first-order chi connectivity index (χ1) is 13.9. The minimum Gasteiger partial charge on any atom is -0.494 e. The van der Waals surface area contributed by atoms with E-state index in [4.69, 9.17) is 27.9 Å². The van der Waals surface area contributed by atoms with Crippen LogP contribution >= 0.6 is 23.2 Å². The summed E-state index contributed by atoms with van der Waals surface area (Å²) in [5, 5.41) is 4.05. The van der Waals surface area contributed by atoms with Crippen molar-refractivity contribution < 1.29 is 14.3 Å². The van der Waals surface area contributed by atoms with E-state index in [2.05, 4.69) is 5.32 Å². The molecule has 0 aliphatic rings. The van der Waals surface area contributed by atoms with Crippen LogP contribution < -0.4 is 10.1 Å². The van der Waals surface area contributed by atoms with Crippen LogP contribution in [0.15, 0.2) is 48.5 Å². The van der Waals surface area contributed by atoms with Crippen LogP contribution in [0.5, 0.6) is 5.75 Å². The lowest BCUT2D eigenvalue weighted by molar-refractivity contribution is -0.140. The predicted molar refractivity (Wildman–Crippen MR) is 116 cm³/mol. The summed E-state index contributed by atoms with van der Waals surface area (Å²) in [6.45, 7) is 4.85. The van der Waals surface area contributed by atoms with Crippen LogP contribution in [0.2, 0.25) is 10.0 Å². The Hall–Kier alpha value is -2.24. The zero-order valence-electron chi connectivity index (χ0n) is 16.7. The maximum absolute atomic E-state index is 12.9. The highest BCUT2D eigenvalue weighted by molar-refractivity contribution is 6.30. The van der Waals surface area contributed by atoms with E-state index in [1.54, 1.807) is 48.2 Å². The van der Waals surface area contributed by atoms with Gasteiger partial charge in [0.25, 0.3) is 0 Å². The van der Waals surface area contributed by atoms with Crippen molar-refractivity contribution in [2.75, 3.05) is 13.2 Å². The molecule has 0 aliphatic carbocycles. The Bertz CT molecular complexity index is 795. The van der Waals surface area contributed by atoms with Crippen LogP contribution in [0.25, 0.3) is 0 Å². The van der Waals surface area contributed by atoms with E-state index in [-0.39, 0.29) is 18.2 Å². The fourth-order valence-electron chi connectivity index (χ4n) is 2.78. The summed E-state index contributed by atoms with van der Waals surface area (Å²) in [6.07, 6.45) is 0.825. The number of benzene rings is 2. The van der Waals surface area contributed by atoms with Crippen LogP contribution in [0.4, 0.5) is 0 Å². The lowest BCUT2D eigenvalue weighted by atomic mass is 10.1. The zero-order chi connectivity index (χ0) is 21.2. The standard InChI is InChI=1S/C22H26Cl2N2O3/c1-3-25-22(28)16(2)26(15-17-6-8-18(23)9-7-17)21(27)5-4-14-29-20-12-10-19(24)11-13-20/h6-13,16H,3-5,14-15H2,1-2H3,(H,25,28)/t16-/m0/s1. The Morgan fingerprint density at radius 3 is 2.21 bits per heavy atom. The number of carbonyl (C=O) groups is 2. The Balaban J connectivity index is 1.96. The second kappa shape index (κ2) is 11.7. The molecule has 0 aromatic heterocycles. The first-order valence-corrected chi connectivity index (χ1v) is 10.4. The third-order valence-corrected chi connectivity index (χ3v) is 4.91. The van der Waals surface area contributed by atoms with E-state index in [9.17, 15) is 9.59 Å². The van der Waals surface area contributed by atoms with Gasteiger partial charge in [-0.15, -0.1) is 0 Å². The number of nitrogens with zero attached hydrogens (tertiary/aromatic N) is 1. The largest absolute Gasteiger partial charge is 0.494 e. The van der Waals surface area contributed by atoms with Gasteiger partial charge in [-0.3, -0.25) is 9.59 Å². The average Bonchev–Trinajstić information content (AvgIpc) is 2.71. The number of rotatable bonds is 10. The van der Waals surface area contributed by atoms with Crippen LogP contribution in [0.1, 0.15) is 32.3 Å². The summed E-state index contributed by atoms with van der Waals surface area (Å²) in [5.74, 6) is 0.432. The molecule has 0 aliphatic heterocycles. The van der Waals surface area contributed by atoms with Gasteiger partial charge in [0.1, 0.15) is 11.8 Å². The SMILES string of the molecule is CCNC(=O)[C@H](C)N(Cc1ccc(Cl)cc1)C(=O)CCCOc1ccc(Cl)cc1. The second-order valence-electron chi connectivity index (χ2n) is 6.62. The molecule has 2 aromatic carbocycles. The van der Waals surface area contributed by atoms with E-state index in [0.717, 1.165) is 5.56 Å². The van der Waals surface area contributed by atoms with Gasteiger partial charge in [-0.25, -0.2) is 0 Å². The Labute approximate surface area is 181 Å². The van der Waals surface area contributed by atoms with Gasteiger partial charge in [-0.2, -0.15) is 0 Å². The number of halogens is 2. The number of ether oxygens (including phenoxy) is 1. The highest BCUT2D eigenvalue weighted by Crippen LogP contribution is 2.17. The van der Waals surface area contributed by atoms with Gasteiger partial charge in [0, 0.05) is 29.6 Å². The van der Waals surface area contributed by atoms with Crippen molar-refractivity contribution >= 4 is 35.0 Å². The van der Waals surface area contributed by atoms with E-state index < -0.39 is 6.04 Å². The number of nitrogens with one attached hydrogen (secondary N) is 1. The van der Waals surface area contributed by atoms with E-state index in [1.165, 1.54) is 0 Å². The summed E-state index contributed by atoms with van der Waals surface area (Å²) in [5.41, 5.74) is 0.913. The molecule has 0 unspecified atom stereocenters. The molecule has 5 nitrogen and oxygen atoms in total. The molecule has 0 radical (unpaired) electrons. The van der Waals surface area contributed by atoms with Crippen molar-refractivity contribution in [1.29, 1.82) is 0 Å². The summed E-state index contributed by atoms with van der Waals surface area (Å²) in [4.78, 5) is 26.8. The van der Waals surface area contributed by atoms with Gasteiger partial charge in [0.2, 0.25) is 11.8 Å². The van der Waals surface area contributed by atoms with Crippen LogP contribution in [0, 0.1) is 0 Å². The highest BCUT2D eigenvalue weighted by Gasteiger charge is 2.25. The Morgan fingerprint density at radius 1 is 1.03 bits per heavy atom. The smallest absolute Gasteiger partial charge is 0.242 e. The molecule has 29 heavy (non-hydrogen) atoms. The first kappa shape index (κ1) is 23.0. The molecule has 1 atom stereocenters. The molecule has 0 spiro atoms. The summed E-state index contributed by atoms with van der Waals surface area (Å²) in [6, 6.07) is 13.8. The normalized spacial score (nSPS) is 11.6. The second-order valence-corrected chi connectivity index (χ2v) is 7.50. The predicted octanol–water partition coefficient (Wildman–Crippen LogP) is 4.71. The molecule has 0 saturated carbocycles. The van der Waals surface area contributed by atoms with Gasteiger partial charge in [-0.05, 0) is 62.2 Å². The fourth-order valence-corrected chi connectivity index (χ4v) is 3.03. The molecule has 0 bridgehead atoms. The molecular weight excluding hydrogens is 411 g/mol. The molecule has 7 heteroatoms. The summed E-state index contributed by atoms with van der Waals surface area (Å²) < 4.78 is 5.65. The van der Waals surface area contributed by atoms with Gasteiger partial charge in [0.05, 0.1) is 6.61 Å². The van der Waals surface area contributed by atoms with Crippen LogP contribution in [-0.2, 0) is 16.1 Å². The molecule has 156 valence electrons. The molecule has 2 rings (SSSR count). The topological polar surface area (TPSA) is 58.6 Å². The van der Waals surface area contributed by atoms with Crippen molar-refractivity contribution in [3.05, 3.63) is 64.1 Å². The third kappa shape index (κ3) is 7.59. The molecular formula is C22H26Cl2N2O3. The monoisotopic (exact) mass is 436 g/mol. The van der Waals surface area contributed by atoms with Gasteiger partial charge < -0.3 is 15.0 Å². The molecule has 0 saturated heterocycles. The van der Waals surface area contributed by atoms with Crippen molar-refractivity contribution in [3.63, 3.8) is 0 Å². The minimum absolute atomic E-state index is 0.0987. The number of hydrogen-bond acceptors (Lipinski definition) is 3. The fraction of sp³-hybridized carbons (Fsp3) is 0.364. The number of amides is 2. The first-order valence-electron chi connectivity index (χ1n) is 9.60. The molecule has 0 heterocycles. The molecule has 2 amide bonds. The average molecular weight is 437 g/mol. The van der Waals surface area contributed by atoms with Crippen molar-refractivity contribution in [2.24, 2.45) is 0 Å². The van der Waals surface area contributed by atoms with Gasteiger partial charge in [0.15, 0.2) is 0 Å². The lowest BCUT2D eigenvalue weighted by Gasteiger charge is -2.28. The number of likely N-dealkylation sites (N-methyl/N-ethyl adjacent to an activating group) is 1. The van der Waals surface area contributed by atoms with E-state index in [1.807, 2.05) is 19.1 Å². The van der Waals surface area contributed by atoms with Crippen molar-refractivity contribution in [3.8, 4) is 5.75 Å². The summed E-state index contributed by atoms with van der Waals surface area (Å²) in [7, 11) is 0. The lowest BCUT2D eigenvalue weighted by Crippen LogP contribution is -2.47. The van der Waals surface area contributed by atoms with Crippen LogP contribution in [-0.4, -0.2) is 35.9 Å². The van der Waals surface area contributed by atoms with Gasteiger partial charge >= 0.3 is 0 Å². The van der Waals surface area contributed by atoms with Crippen molar-refractivity contribution in [2.45, 2.75) is 39.3 Å². The van der Waals surface area contributed by atoms with Gasteiger partial charge in [-0.1, -0.05) is 35.3 Å². The molecule has 0 fully saturated rings. The van der Waals surface area contributed by atoms with E-state index in [0.29, 0.717) is 41.9 Å². The molecule has 1 N–H and O–H groups in total. The molecule has 2 aromatic rings. The summed E-state index contributed by atoms with van der Waals surface area (Å²) >= 11 is 11.8. The van der Waals surface area contributed by atoms with Crippen LogP contribution in [0.3, 0.4) is 0 Å². The van der Waals surface area contributed by atoms with Crippen molar-refractivity contribution in [1.82, 2.24) is 10.2 Å². The zero-order valence-corrected chi connectivity index (χ0v) is 18.2. The Kier molecular flexibility index (Phi) is 9.29. The van der Waals surface area contributed by atoms with E-state index >= 15 is 0 Å². The maximum Gasteiger partial charge on any atom is 0.242 e.